The van der Waals surface area contributed by atoms with Gasteiger partial charge in [0.05, 0.1) is 18.7 Å². The Labute approximate surface area is 148 Å². The summed E-state index contributed by atoms with van der Waals surface area (Å²) in [7, 11) is 1.85. The number of carbonyl (C=O) groups excluding carboxylic acids is 2. The van der Waals surface area contributed by atoms with Gasteiger partial charge in [0.1, 0.15) is 0 Å². The van der Waals surface area contributed by atoms with Crippen molar-refractivity contribution in [3.8, 4) is 0 Å². The summed E-state index contributed by atoms with van der Waals surface area (Å²) < 4.78 is 1.71. The summed E-state index contributed by atoms with van der Waals surface area (Å²) in [6.45, 7) is 6.85. The molecule has 1 fully saturated rings. The van der Waals surface area contributed by atoms with Crippen molar-refractivity contribution < 1.29 is 9.59 Å². The van der Waals surface area contributed by atoms with Gasteiger partial charge in [-0.25, -0.2) is 0 Å². The van der Waals surface area contributed by atoms with E-state index in [1.165, 1.54) is 10.5 Å². The molecule has 5 heteroatoms. The van der Waals surface area contributed by atoms with Gasteiger partial charge in [-0.05, 0) is 28.5 Å². The third-order valence-corrected chi connectivity index (χ3v) is 4.74. The fourth-order valence-electron chi connectivity index (χ4n) is 3.23. The number of hydrogen-bond acceptors (Lipinski definition) is 3. The number of aromatic nitrogens is 2. The first-order chi connectivity index (χ1) is 11.7. The van der Waals surface area contributed by atoms with E-state index in [0.717, 1.165) is 11.1 Å². The fraction of sp³-hybridized carbons (Fsp3) is 0.450. The molecular weight excluding hydrogens is 314 g/mol. The van der Waals surface area contributed by atoms with Crippen LogP contribution in [0, 0.1) is 5.92 Å². The minimum absolute atomic E-state index is 0.0752. The Morgan fingerprint density at radius 1 is 1.12 bits per heavy atom. The minimum atomic E-state index is -0.273. The van der Waals surface area contributed by atoms with Gasteiger partial charge in [0.15, 0.2) is 0 Å². The fourth-order valence-corrected chi connectivity index (χ4v) is 3.23. The van der Waals surface area contributed by atoms with Crippen molar-refractivity contribution in [3.63, 3.8) is 0 Å². The van der Waals surface area contributed by atoms with E-state index in [1.807, 2.05) is 25.4 Å². The smallest absolute Gasteiger partial charge is 0.233 e. The molecule has 0 saturated carbocycles. The number of aryl methyl sites for hydroxylation is 1. The number of likely N-dealkylation sites (tertiary alicyclic amines) is 1. The third kappa shape index (κ3) is 3.81. The number of rotatable bonds is 4. The largest absolute Gasteiger partial charge is 0.278 e. The highest BCUT2D eigenvalue weighted by molar-refractivity contribution is 6.03. The summed E-state index contributed by atoms with van der Waals surface area (Å²) in [4.78, 5) is 26.3. The Kier molecular flexibility index (Phi) is 4.50. The molecule has 1 aliphatic rings. The zero-order valence-corrected chi connectivity index (χ0v) is 15.3. The summed E-state index contributed by atoms with van der Waals surface area (Å²) in [5.74, 6) is -0.432. The molecule has 1 saturated heterocycles. The van der Waals surface area contributed by atoms with Gasteiger partial charge in [-0.1, -0.05) is 45.0 Å². The van der Waals surface area contributed by atoms with Gasteiger partial charge < -0.3 is 0 Å². The molecule has 1 unspecified atom stereocenters. The Balaban J connectivity index is 1.68. The predicted molar refractivity (Wildman–Crippen MR) is 95.7 cm³/mol. The van der Waals surface area contributed by atoms with Crippen LogP contribution in [0.15, 0.2) is 36.7 Å². The van der Waals surface area contributed by atoms with Crippen LogP contribution in [0.25, 0.3) is 0 Å². The van der Waals surface area contributed by atoms with Crippen LogP contribution in [0.4, 0.5) is 0 Å². The summed E-state index contributed by atoms with van der Waals surface area (Å²) in [6.07, 6.45) is 4.50. The Morgan fingerprint density at radius 2 is 1.80 bits per heavy atom. The Morgan fingerprint density at radius 3 is 2.36 bits per heavy atom. The highest BCUT2D eigenvalue weighted by Crippen LogP contribution is 2.26. The molecule has 0 radical (unpaired) electrons. The van der Waals surface area contributed by atoms with Crippen LogP contribution in [0.5, 0.6) is 0 Å². The number of hydrogen-bond donors (Lipinski definition) is 0. The van der Waals surface area contributed by atoms with Crippen molar-refractivity contribution >= 4 is 11.8 Å². The van der Waals surface area contributed by atoms with Crippen LogP contribution in [-0.2, 0) is 35.0 Å². The second-order valence-electron chi connectivity index (χ2n) is 7.89. The highest BCUT2D eigenvalue weighted by atomic mass is 16.2. The van der Waals surface area contributed by atoms with Gasteiger partial charge in [-0.15, -0.1) is 0 Å². The van der Waals surface area contributed by atoms with Crippen LogP contribution in [0.1, 0.15) is 43.9 Å². The average Bonchev–Trinajstić information content (AvgIpc) is 3.06. The maximum Gasteiger partial charge on any atom is 0.233 e. The lowest BCUT2D eigenvalue weighted by Gasteiger charge is -2.20. The molecule has 0 aliphatic carbocycles. The van der Waals surface area contributed by atoms with E-state index in [2.05, 4.69) is 38.0 Å². The lowest BCUT2D eigenvalue weighted by atomic mass is 9.87. The molecule has 2 heterocycles. The van der Waals surface area contributed by atoms with E-state index in [-0.39, 0.29) is 29.6 Å². The van der Waals surface area contributed by atoms with E-state index in [1.54, 1.807) is 10.9 Å². The number of carbonyl (C=O) groups is 2. The van der Waals surface area contributed by atoms with Gasteiger partial charge in [0.25, 0.3) is 0 Å². The zero-order chi connectivity index (χ0) is 18.2. The molecule has 0 bridgehead atoms. The normalized spacial score (nSPS) is 18.2. The lowest BCUT2D eigenvalue weighted by molar-refractivity contribution is -0.140. The summed E-state index contributed by atoms with van der Waals surface area (Å²) in [5.41, 5.74) is 3.30. The Hall–Kier alpha value is -2.43. The van der Waals surface area contributed by atoms with E-state index in [4.69, 9.17) is 0 Å². The molecule has 1 aromatic heterocycles. The van der Waals surface area contributed by atoms with Gasteiger partial charge in [0.2, 0.25) is 11.8 Å². The standard InChI is InChI=1S/C20H25N3O2/c1-20(2,3)17-7-5-14(6-8-17)13-23-18(24)10-16(19(23)25)9-15-11-21-22(4)12-15/h5-8,11-12,16H,9-10,13H2,1-4H3. The molecule has 2 amide bonds. The third-order valence-electron chi connectivity index (χ3n) is 4.74. The molecule has 132 valence electrons. The van der Waals surface area contributed by atoms with Crippen molar-refractivity contribution in [2.24, 2.45) is 13.0 Å². The van der Waals surface area contributed by atoms with E-state index in [9.17, 15) is 9.59 Å². The first-order valence-electron chi connectivity index (χ1n) is 8.65. The van der Waals surface area contributed by atoms with Crippen molar-refractivity contribution in [3.05, 3.63) is 53.3 Å². The number of benzene rings is 1. The van der Waals surface area contributed by atoms with Crippen LogP contribution in [0.3, 0.4) is 0 Å². The van der Waals surface area contributed by atoms with Crippen LogP contribution >= 0.6 is 0 Å². The lowest BCUT2D eigenvalue weighted by Crippen LogP contribution is -2.30. The second-order valence-corrected chi connectivity index (χ2v) is 7.89. The summed E-state index contributed by atoms with van der Waals surface area (Å²) in [5, 5.41) is 4.12. The first-order valence-corrected chi connectivity index (χ1v) is 8.65. The predicted octanol–water partition coefficient (Wildman–Crippen LogP) is 2.84. The van der Waals surface area contributed by atoms with Gasteiger partial charge in [-0.3, -0.25) is 19.2 Å². The maximum atomic E-state index is 12.6. The SMILES string of the molecule is Cn1cc(CC2CC(=O)N(Cc3ccc(C(C)(C)C)cc3)C2=O)cn1. The molecular formula is C20H25N3O2. The van der Waals surface area contributed by atoms with Gasteiger partial charge in [-0.2, -0.15) is 5.10 Å². The summed E-state index contributed by atoms with van der Waals surface area (Å²) >= 11 is 0. The second kappa shape index (κ2) is 6.47. The first kappa shape index (κ1) is 17.4. The average molecular weight is 339 g/mol. The molecule has 5 nitrogen and oxygen atoms in total. The van der Waals surface area contributed by atoms with Crippen LogP contribution in [0.2, 0.25) is 0 Å². The van der Waals surface area contributed by atoms with Crippen molar-refractivity contribution in [2.75, 3.05) is 0 Å². The Bertz CT molecular complexity index is 784. The van der Waals surface area contributed by atoms with E-state index in [0.29, 0.717) is 13.0 Å². The van der Waals surface area contributed by atoms with Crippen LogP contribution < -0.4 is 0 Å². The number of amides is 2. The quantitative estimate of drug-likeness (QED) is 0.805. The van der Waals surface area contributed by atoms with E-state index < -0.39 is 0 Å². The minimum Gasteiger partial charge on any atom is -0.278 e. The zero-order valence-electron chi connectivity index (χ0n) is 15.3. The summed E-state index contributed by atoms with van der Waals surface area (Å²) in [6, 6.07) is 8.17. The molecule has 0 N–H and O–H groups in total. The number of nitrogens with zero attached hydrogens (tertiary/aromatic N) is 3. The molecule has 1 aromatic carbocycles. The molecule has 3 rings (SSSR count). The van der Waals surface area contributed by atoms with Gasteiger partial charge >= 0.3 is 0 Å². The topological polar surface area (TPSA) is 55.2 Å². The highest BCUT2D eigenvalue weighted by Gasteiger charge is 2.38. The van der Waals surface area contributed by atoms with Crippen molar-refractivity contribution in [1.82, 2.24) is 14.7 Å². The molecule has 0 spiro atoms. The number of imide groups is 1. The van der Waals surface area contributed by atoms with Crippen LogP contribution in [-0.4, -0.2) is 26.5 Å². The molecule has 2 aromatic rings. The van der Waals surface area contributed by atoms with Crippen molar-refractivity contribution in [1.29, 1.82) is 0 Å². The monoisotopic (exact) mass is 339 g/mol. The molecule has 25 heavy (non-hydrogen) atoms. The van der Waals surface area contributed by atoms with Crippen molar-refractivity contribution in [2.45, 2.75) is 45.6 Å². The molecule has 1 aliphatic heterocycles. The van der Waals surface area contributed by atoms with Gasteiger partial charge in [0, 0.05) is 19.7 Å². The maximum absolute atomic E-state index is 12.6. The van der Waals surface area contributed by atoms with E-state index >= 15 is 0 Å². The molecule has 1 atom stereocenters.